The van der Waals surface area contributed by atoms with E-state index in [1.54, 1.807) is 4.57 Å². The van der Waals surface area contributed by atoms with Gasteiger partial charge in [0.2, 0.25) is 0 Å². The van der Waals surface area contributed by atoms with Crippen molar-refractivity contribution in [1.82, 2.24) is 14.5 Å². The Bertz CT molecular complexity index is 1230. The highest BCUT2D eigenvalue weighted by Crippen LogP contribution is 2.30. The third kappa shape index (κ3) is 4.39. The van der Waals surface area contributed by atoms with Crippen LogP contribution in [0.3, 0.4) is 0 Å². The van der Waals surface area contributed by atoms with Crippen molar-refractivity contribution in [1.29, 1.82) is 0 Å². The first-order chi connectivity index (χ1) is 15.8. The quantitative estimate of drug-likeness (QED) is 0.615. The Morgan fingerprint density at radius 2 is 1.88 bits per heavy atom. The van der Waals surface area contributed by atoms with Gasteiger partial charge in [0.05, 0.1) is 10.9 Å². The minimum absolute atomic E-state index is 0.0293. The molecule has 2 aromatic carbocycles. The van der Waals surface area contributed by atoms with E-state index in [9.17, 15) is 9.90 Å². The summed E-state index contributed by atoms with van der Waals surface area (Å²) in [7, 11) is 0. The summed E-state index contributed by atoms with van der Waals surface area (Å²) in [6, 6.07) is 14.0. The molecule has 174 valence electrons. The van der Waals surface area contributed by atoms with Gasteiger partial charge >= 0.3 is 0 Å². The Morgan fingerprint density at radius 3 is 2.61 bits per heavy atom. The molecule has 33 heavy (non-hydrogen) atoms. The molecule has 0 saturated carbocycles. The minimum Gasteiger partial charge on any atom is -0.396 e. The number of nitrogens with zero attached hydrogens (tertiary/aromatic N) is 4. The fraction of sp³-hybridized carbons (Fsp3) is 0.462. The molecule has 0 atom stereocenters. The molecule has 6 rings (SSSR count). The van der Waals surface area contributed by atoms with Crippen molar-refractivity contribution in [2.75, 3.05) is 37.7 Å². The van der Waals surface area contributed by atoms with Crippen LogP contribution in [0, 0.1) is 5.41 Å². The fourth-order valence-corrected chi connectivity index (χ4v) is 5.28. The minimum atomic E-state index is -0.470. The maximum absolute atomic E-state index is 13.8. The van der Waals surface area contributed by atoms with Crippen LogP contribution in [-0.2, 0) is 6.54 Å². The lowest BCUT2D eigenvalue weighted by Gasteiger charge is -2.33. The van der Waals surface area contributed by atoms with Crippen molar-refractivity contribution >= 4 is 28.2 Å². The van der Waals surface area contributed by atoms with Crippen LogP contribution in [0.1, 0.15) is 26.7 Å². The number of rotatable bonds is 5. The molecule has 3 aliphatic heterocycles. The second-order valence-corrected chi connectivity index (χ2v) is 10.6. The van der Waals surface area contributed by atoms with E-state index >= 15 is 0 Å². The van der Waals surface area contributed by atoms with Gasteiger partial charge in [-0.15, -0.1) is 0 Å². The van der Waals surface area contributed by atoms with Crippen molar-refractivity contribution in [3.05, 3.63) is 57.8 Å². The first-order valence-electron chi connectivity index (χ1n) is 11.7. The summed E-state index contributed by atoms with van der Waals surface area (Å²) in [6.07, 6.45) is 2.33. The number of anilines is 1. The van der Waals surface area contributed by atoms with Crippen LogP contribution in [0.25, 0.3) is 22.3 Å². The van der Waals surface area contributed by atoms with E-state index in [0.29, 0.717) is 34.3 Å². The highest BCUT2D eigenvalue weighted by atomic mass is 35.5. The number of aliphatic hydroxyl groups is 1. The van der Waals surface area contributed by atoms with Gasteiger partial charge in [0.15, 0.2) is 0 Å². The summed E-state index contributed by atoms with van der Waals surface area (Å²) in [4.78, 5) is 23.8. The van der Waals surface area contributed by atoms with Gasteiger partial charge in [0.25, 0.3) is 5.56 Å². The third-order valence-electron chi connectivity index (χ3n) is 7.02. The number of hydrogen-bond donors (Lipinski definition) is 1. The van der Waals surface area contributed by atoms with E-state index in [2.05, 4.69) is 15.9 Å². The molecule has 1 N–H and O–H groups in total. The van der Waals surface area contributed by atoms with Gasteiger partial charge in [-0.05, 0) is 43.2 Å². The fourth-order valence-electron chi connectivity index (χ4n) is 5.09. The van der Waals surface area contributed by atoms with Crippen LogP contribution in [0.2, 0.25) is 5.02 Å². The molecule has 3 saturated heterocycles. The lowest BCUT2D eigenvalue weighted by molar-refractivity contribution is 0.140. The lowest BCUT2D eigenvalue weighted by Crippen LogP contribution is -2.38. The molecule has 0 radical (unpaired) electrons. The Balaban J connectivity index is 1.65. The zero-order chi connectivity index (χ0) is 23.2. The zero-order valence-electron chi connectivity index (χ0n) is 19.3. The van der Waals surface area contributed by atoms with Gasteiger partial charge in [0, 0.05) is 67.1 Å². The summed E-state index contributed by atoms with van der Waals surface area (Å²) >= 11 is 6.25. The number of aliphatic hydroxyl groups excluding tert-OH is 1. The molecule has 3 fully saturated rings. The maximum atomic E-state index is 13.8. The average Bonchev–Trinajstić information content (AvgIpc) is 3.14. The van der Waals surface area contributed by atoms with Crippen molar-refractivity contribution in [3.8, 4) is 11.4 Å². The Morgan fingerprint density at radius 1 is 1.09 bits per heavy atom. The molecular formula is C26H31ClN4O2. The summed E-state index contributed by atoms with van der Waals surface area (Å²) in [5.74, 6) is 0.575. The monoisotopic (exact) mass is 466 g/mol. The first-order valence-corrected chi connectivity index (χ1v) is 12.1. The molecule has 2 bridgehead atoms. The first kappa shape index (κ1) is 22.4. The highest BCUT2D eigenvalue weighted by Gasteiger charge is 2.29. The van der Waals surface area contributed by atoms with Crippen LogP contribution in [0.4, 0.5) is 5.69 Å². The number of fused-ring (bicyclic) bond motifs is 5. The lowest BCUT2D eigenvalue weighted by atomic mass is 9.94. The number of piperidine rings is 1. The second kappa shape index (κ2) is 8.75. The van der Waals surface area contributed by atoms with E-state index in [-0.39, 0.29) is 12.2 Å². The number of hydrogen-bond acceptors (Lipinski definition) is 5. The molecule has 1 aromatic heterocycles. The molecule has 0 unspecified atom stereocenters. The van der Waals surface area contributed by atoms with E-state index < -0.39 is 5.41 Å². The van der Waals surface area contributed by atoms with Gasteiger partial charge < -0.3 is 14.9 Å². The van der Waals surface area contributed by atoms with Crippen molar-refractivity contribution in [2.24, 2.45) is 5.41 Å². The molecule has 7 heteroatoms. The van der Waals surface area contributed by atoms with Gasteiger partial charge in [-0.2, -0.15) is 0 Å². The highest BCUT2D eigenvalue weighted by molar-refractivity contribution is 6.30. The maximum Gasteiger partial charge on any atom is 0.261 e. The van der Waals surface area contributed by atoms with E-state index in [4.69, 9.17) is 16.6 Å². The Hall–Kier alpha value is -2.41. The van der Waals surface area contributed by atoms with Crippen molar-refractivity contribution < 1.29 is 5.11 Å². The van der Waals surface area contributed by atoms with Crippen LogP contribution >= 0.6 is 11.6 Å². The molecular weight excluding hydrogens is 436 g/mol. The van der Waals surface area contributed by atoms with Gasteiger partial charge in [-0.25, -0.2) is 4.98 Å². The van der Waals surface area contributed by atoms with Crippen molar-refractivity contribution in [3.63, 3.8) is 0 Å². The summed E-state index contributed by atoms with van der Waals surface area (Å²) in [6.45, 7) is 8.59. The molecule has 6 nitrogen and oxygen atoms in total. The van der Waals surface area contributed by atoms with Gasteiger partial charge in [0.1, 0.15) is 5.82 Å². The zero-order valence-corrected chi connectivity index (χ0v) is 20.1. The Labute approximate surface area is 199 Å². The normalized spacial score (nSPS) is 20.9. The van der Waals surface area contributed by atoms with Crippen molar-refractivity contribution in [2.45, 2.75) is 39.3 Å². The average molecular weight is 467 g/mol. The molecule has 3 aliphatic rings. The predicted molar refractivity (Wildman–Crippen MR) is 134 cm³/mol. The molecule has 0 amide bonds. The van der Waals surface area contributed by atoms with E-state index in [1.807, 2.05) is 50.2 Å². The summed E-state index contributed by atoms with van der Waals surface area (Å²) in [5, 5.41) is 11.1. The molecule has 0 aliphatic carbocycles. The number of benzene rings is 2. The van der Waals surface area contributed by atoms with Crippen LogP contribution < -0.4 is 10.5 Å². The van der Waals surface area contributed by atoms with Crippen LogP contribution in [-0.4, -0.2) is 58.4 Å². The molecule has 0 spiro atoms. The van der Waals surface area contributed by atoms with Gasteiger partial charge in [-0.1, -0.05) is 37.6 Å². The summed E-state index contributed by atoms with van der Waals surface area (Å²) in [5.41, 5.74) is 2.01. The standard InChI is InChI=1S/C26H31ClN4O2/c1-26(2,17-32)16-31-24(18-4-3-5-19(27)14-18)28-23-7-6-21(15-22(23)25(31)33)30-13-12-29-10-8-20(30)9-11-29/h3-7,14-15,20,32H,8-13,16-17H2,1-2H3. The largest absolute Gasteiger partial charge is 0.396 e. The number of halogens is 1. The second-order valence-electron chi connectivity index (χ2n) is 10.1. The predicted octanol–water partition coefficient (Wildman–Crippen LogP) is 4.02. The smallest absolute Gasteiger partial charge is 0.261 e. The molecule has 3 aromatic rings. The third-order valence-corrected chi connectivity index (χ3v) is 7.26. The summed E-state index contributed by atoms with van der Waals surface area (Å²) < 4.78 is 1.70. The van der Waals surface area contributed by atoms with Gasteiger partial charge in [-0.3, -0.25) is 9.36 Å². The Kier molecular flexibility index (Phi) is 5.93. The van der Waals surface area contributed by atoms with Crippen LogP contribution in [0.5, 0.6) is 0 Å². The SMILES string of the molecule is CC(C)(CO)Cn1c(-c2cccc(Cl)c2)nc2ccc(N3CCN4CCC3CC4)cc2c1=O. The molecule has 4 heterocycles. The topological polar surface area (TPSA) is 61.6 Å². The number of aromatic nitrogens is 2. The van der Waals surface area contributed by atoms with E-state index in [0.717, 1.165) is 37.4 Å². The van der Waals surface area contributed by atoms with E-state index in [1.165, 1.54) is 12.8 Å². The van der Waals surface area contributed by atoms with Crippen LogP contribution in [0.15, 0.2) is 47.3 Å².